The van der Waals surface area contributed by atoms with Gasteiger partial charge in [0.15, 0.2) is 0 Å². The minimum Gasteiger partial charge on any atom is -0.481 e. The first-order valence-corrected chi connectivity index (χ1v) is 7.09. The lowest BCUT2D eigenvalue weighted by Gasteiger charge is -2.26. The number of hydrogen-bond acceptors (Lipinski definition) is 2. The number of benzene rings is 1. The Morgan fingerprint density at radius 2 is 2.00 bits per heavy atom. The standard InChI is InChI=1S/C16H22N2O2/c1-5-16(6-2,15(19)20)10-14-17-12-9-11(3)7-8-13(12)18(14)4/h7-9H,5-6,10H2,1-4H3,(H,19,20). The van der Waals surface area contributed by atoms with Crippen LogP contribution >= 0.6 is 0 Å². The van der Waals surface area contributed by atoms with Gasteiger partial charge in [0.2, 0.25) is 0 Å². The second kappa shape index (κ2) is 5.27. The SMILES string of the molecule is CCC(CC)(Cc1nc2cc(C)ccc2n1C)C(=O)O. The molecule has 0 unspecified atom stereocenters. The molecule has 2 aromatic rings. The molecule has 1 heterocycles. The van der Waals surface area contributed by atoms with Gasteiger partial charge in [0.25, 0.3) is 0 Å². The van der Waals surface area contributed by atoms with Crippen molar-refractivity contribution < 1.29 is 9.90 Å². The van der Waals surface area contributed by atoms with Crippen molar-refractivity contribution in [2.75, 3.05) is 0 Å². The Balaban J connectivity index is 2.48. The summed E-state index contributed by atoms with van der Waals surface area (Å²) in [4.78, 5) is 16.3. The van der Waals surface area contributed by atoms with Gasteiger partial charge in [0.1, 0.15) is 5.82 Å². The molecule has 1 aromatic heterocycles. The highest BCUT2D eigenvalue weighted by atomic mass is 16.4. The Labute approximate surface area is 119 Å². The van der Waals surface area contributed by atoms with E-state index in [9.17, 15) is 9.90 Å². The van der Waals surface area contributed by atoms with E-state index in [4.69, 9.17) is 0 Å². The van der Waals surface area contributed by atoms with Gasteiger partial charge in [-0.15, -0.1) is 0 Å². The molecular weight excluding hydrogens is 252 g/mol. The van der Waals surface area contributed by atoms with Gasteiger partial charge in [-0.1, -0.05) is 19.9 Å². The fraction of sp³-hybridized carbons (Fsp3) is 0.500. The monoisotopic (exact) mass is 274 g/mol. The summed E-state index contributed by atoms with van der Waals surface area (Å²) in [6.45, 7) is 5.91. The summed E-state index contributed by atoms with van der Waals surface area (Å²) in [5.41, 5.74) is 2.44. The van der Waals surface area contributed by atoms with Crippen LogP contribution in [0.4, 0.5) is 0 Å². The molecule has 0 amide bonds. The zero-order valence-corrected chi connectivity index (χ0v) is 12.6. The maximum atomic E-state index is 11.6. The number of carboxylic acids is 1. The summed E-state index contributed by atoms with van der Waals surface area (Å²) < 4.78 is 2.01. The maximum absolute atomic E-state index is 11.6. The number of hydrogen-bond donors (Lipinski definition) is 1. The summed E-state index contributed by atoms with van der Waals surface area (Å²) in [7, 11) is 1.96. The lowest BCUT2D eigenvalue weighted by molar-refractivity contribution is -0.149. The van der Waals surface area contributed by atoms with Gasteiger partial charge in [-0.3, -0.25) is 4.79 Å². The topological polar surface area (TPSA) is 55.1 Å². The van der Waals surface area contributed by atoms with Gasteiger partial charge < -0.3 is 9.67 Å². The van der Waals surface area contributed by atoms with Crippen LogP contribution in [0.5, 0.6) is 0 Å². The number of nitrogens with zero attached hydrogens (tertiary/aromatic N) is 2. The average molecular weight is 274 g/mol. The smallest absolute Gasteiger partial charge is 0.310 e. The van der Waals surface area contributed by atoms with Crippen LogP contribution in [0.1, 0.15) is 38.1 Å². The van der Waals surface area contributed by atoms with Gasteiger partial charge in [0.05, 0.1) is 16.4 Å². The van der Waals surface area contributed by atoms with E-state index >= 15 is 0 Å². The number of carboxylic acid groups (broad SMARTS) is 1. The molecule has 0 radical (unpaired) electrons. The first-order chi connectivity index (χ1) is 9.43. The van der Waals surface area contributed by atoms with Crippen molar-refractivity contribution in [3.8, 4) is 0 Å². The van der Waals surface area contributed by atoms with E-state index in [0.717, 1.165) is 22.4 Å². The third kappa shape index (κ3) is 2.30. The summed E-state index contributed by atoms with van der Waals surface area (Å²) >= 11 is 0. The molecule has 4 heteroatoms. The first-order valence-electron chi connectivity index (χ1n) is 7.09. The molecule has 0 saturated carbocycles. The van der Waals surface area contributed by atoms with Crippen molar-refractivity contribution in [1.82, 2.24) is 9.55 Å². The van der Waals surface area contributed by atoms with Crippen LogP contribution < -0.4 is 0 Å². The molecule has 20 heavy (non-hydrogen) atoms. The number of aromatic nitrogens is 2. The van der Waals surface area contributed by atoms with Crippen LogP contribution in [-0.2, 0) is 18.3 Å². The molecule has 1 N–H and O–H groups in total. The molecule has 0 fully saturated rings. The first kappa shape index (κ1) is 14.6. The number of imidazole rings is 1. The third-order valence-corrected chi connectivity index (χ3v) is 4.43. The van der Waals surface area contributed by atoms with E-state index in [2.05, 4.69) is 11.1 Å². The Hall–Kier alpha value is -1.84. The van der Waals surface area contributed by atoms with Crippen molar-refractivity contribution in [1.29, 1.82) is 0 Å². The molecule has 0 saturated heterocycles. The highest BCUT2D eigenvalue weighted by Crippen LogP contribution is 2.32. The highest BCUT2D eigenvalue weighted by molar-refractivity contribution is 5.78. The van der Waals surface area contributed by atoms with Gasteiger partial charge in [-0.2, -0.15) is 0 Å². The van der Waals surface area contributed by atoms with Crippen molar-refractivity contribution in [3.05, 3.63) is 29.6 Å². The van der Waals surface area contributed by atoms with E-state index in [0.29, 0.717) is 19.3 Å². The number of carbonyl (C=O) groups is 1. The van der Waals surface area contributed by atoms with Gasteiger partial charge in [-0.25, -0.2) is 4.98 Å². The van der Waals surface area contributed by atoms with Crippen molar-refractivity contribution in [2.45, 2.75) is 40.0 Å². The van der Waals surface area contributed by atoms with Crippen molar-refractivity contribution >= 4 is 17.0 Å². The predicted molar refractivity (Wildman–Crippen MR) is 79.8 cm³/mol. The molecule has 0 aliphatic heterocycles. The summed E-state index contributed by atoms with van der Waals surface area (Å²) in [6, 6.07) is 6.14. The summed E-state index contributed by atoms with van der Waals surface area (Å²) in [5, 5.41) is 9.56. The molecule has 0 aliphatic rings. The second-order valence-electron chi connectivity index (χ2n) is 5.55. The van der Waals surface area contributed by atoms with E-state index in [1.165, 1.54) is 0 Å². The number of aliphatic carboxylic acids is 1. The van der Waals surface area contributed by atoms with E-state index in [1.807, 2.05) is 44.5 Å². The molecule has 0 atom stereocenters. The minimum absolute atomic E-state index is 0.472. The van der Waals surface area contributed by atoms with Crippen molar-refractivity contribution in [3.63, 3.8) is 0 Å². The molecule has 2 rings (SSSR count). The van der Waals surface area contributed by atoms with E-state index in [-0.39, 0.29) is 0 Å². The zero-order valence-electron chi connectivity index (χ0n) is 12.6. The number of rotatable bonds is 5. The molecular formula is C16H22N2O2. The lowest BCUT2D eigenvalue weighted by atomic mass is 9.79. The summed E-state index contributed by atoms with van der Waals surface area (Å²) in [5.74, 6) is 0.113. The molecule has 4 nitrogen and oxygen atoms in total. The van der Waals surface area contributed by atoms with Crippen LogP contribution in [0.15, 0.2) is 18.2 Å². The third-order valence-electron chi connectivity index (χ3n) is 4.43. The number of aryl methyl sites for hydroxylation is 2. The van der Waals surface area contributed by atoms with Crippen LogP contribution in [0, 0.1) is 12.3 Å². The lowest BCUT2D eigenvalue weighted by Crippen LogP contribution is -2.33. The Morgan fingerprint density at radius 1 is 1.35 bits per heavy atom. The van der Waals surface area contributed by atoms with Gasteiger partial charge >= 0.3 is 5.97 Å². The van der Waals surface area contributed by atoms with Gasteiger partial charge in [0, 0.05) is 13.5 Å². The average Bonchev–Trinajstić information content (AvgIpc) is 2.71. The minimum atomic E-state index is -0.731. The van der Waals surface area contributed by atoms with Crippen LogP contribution in [-0.4, -0.2) is 20.6 Å². The molecule has 108 valence electrons. The molecule has 0 aliphatic carbocycles. The summed E-state index contributed by atoms with van der Waals surface area (Å²) in [6.07, 6.45) is 1.70. The molecule has 1 aromatic carbocycles. The highest BCUT2D eigenvalue weighted by Gasteiger charge is 2.36. The normalized spacial score (nSPS) is 12.0. The van der Waals surface area contributed by atoms with E-state index < -0.39 is 11.4 Å². The van der Waals surface area contributed by atoms with Crippen LogP contribution in [0.3, 0.4) is 0 Å². The number of fused-ring (bicyclic) bond motifs is 1. The zero-order chi connectivity index (χ0) is 14.9. The fourth-order valence-electron chi connectivity index (χ4n) is 2.70. The second-order valence-corrected chi connectivity index (χ2v) is 5.55. The van der Waals surface area contributed by atoms with Crippen LogP contribution in [0.25, 0.3) is 11.0 Å². The maximum Gasteiger partial charge on any atom is 0.310 e. The largest absolute Gasteiger partial charge is 0.481 e. The predicted octanol–water partition coefficient (Wildman–Crippen LogP) is 3.32. The Morgan fingerprint density at radius 3 is 2.55 bits per heavy atom. The quantitative estimate of drug-likeness (QED) is 0.910. The molecule has 0 spiro atoms. The Bertz CT molecular complexity index is 639. The van der Waals surface area contributed by atoms with Gasteiger partial charge in [-0.05, 0) is 37.5 Å². The van der Waals surface area contributed by atoms with E-state index in [1.54, 1.807) is 0 Å². The molecule has 0 bridgehead atoms. The Kier molecular flexibility index (Phi) is 3.84. The van der Waals surface area contributed by atoms with Crippen LogP contribution in [0.2, 0.25) is 0 Å². The fourth-order valence-corrected chi connectivity index (χ4v) is 2.70. The van der Waals surface area contributed by atoms with Crippen molar-refractivity contribution in [2.24, 2.45) is 12.5 Å².